The van der Waals surface area contributed by atoms with E-state index in [-0.39, 0.29) is 6.61 Å². The average Bonchev–Trinajstić information content (AvgIpc) is 2.41. The Morgan fingerprint density at radius 2 is 1.41 bits per heavy atom. The van der Waals surface area contributed by atoms with Crippen LogP contribution in [0.15, 0.2) is 0 Å². The van der Waals surface area contributed by atoms with Gasteiger partial charge in [-0.3, -0.25) is 0 Å². The second-order valence-corrected chi connectivity index (χ2v) is 5.71. The first-order valence-corrected chi connectivity index (χ1v) is 7.41. The van der Waals surface area contributed by atoms with Gasteiger partial charge in [0, 0.05) is 0 Å². The third-order valence-electron chi connectivity index (χ3n) is 4.34. The van der Waals surface area contributed by atoms with Gasteiger partial charge >= 0.3 is 0 Å². The summed E-state index contributed by atoms with van der Waals surface area (Å²) in [7, 11) is 0. The van der Waals surface area contributed by atoms with Crippen molar-refractivity contribution >= 4 is 0 Å². The fourth-order valence-electron chi connectivity index (χ4n) is 3.08. The zero-order chi connectivity index (χ0) is 11.9. The molecule has 0 aromatic rings. The maximum atomic E-state index is 10.8. The first-order chi connectivity index (χ1) is 8.38. The van der Waals surface area contributed by atoms with Gasteiger partial charge in [0.05, 0.1) is 6.61 Å². The van der Waals surface area contributed by atoms with Crippen molar-refractivity contribution in [3.63, 3.8) is 0 Å². The Bertz CT molecular complexity index is 196. The molecule has 2 saturated heterocycles. The molecule has 2 rings (SSSR count). The van der Waals surface area contributed by atoms with Crippen LogP contribution >= 0.6 is 0 Å². The Balaban J connectivity index is 1.53. The van der Waals surface area contributed by atoms with E-state index in [1.807, 2.05) is 0 Å². The molecule has 0 saturated carbocycles. The van der Waals surface area contributed by atoms with Crippen LogP contribution in [0.2, 0.25) is 0 Å². The van der Waals surface area contributed by atoms with Crippen LogP contribution in [0.25, 0.3) is 0 Å². The lowest BCUT2D eigenvalue weighted by atomic mass is 9.98. The SMILES string of the molecule is [O]CC1CCN(CCCN2CCCCC2)CC1. The summed E-state index contributed by atoms with van der Waals surface area (Å²) in [6.07, 6.45) is 7.80. The lowest BCUT2D eigenvalue weighted by molar-refractivity contribution is 0.0891. The number of rotatable bonds is 5. The van der Waals surface area contributed by atoms with E-state index in [0.29, 0.717) is 5.92 Å². The summed E-state index contributed by atoms with van der Waals surface area (Å²) in [6.45, 7) is 7.61. The minimum Gasteiger partial charge on any atom is -0.303 e. The summed E-state index contributed by atoms with van der Waals surface area (Å²) in [6, 6.07) is 0. The second kappa shape index (κ2) is 7.34. The molecule has 0 aromatic carbocycles. The molecular formula is C14H27N2O. The number of likely N-dealkylation sites (tertiary alicyclic amines) is 2. The first kappa shape index (κ1) is 13.3. The van der Waals surface area contributed by atoms with Crippen LogP contribution in [0.5, 0.6) is 0 Å². The van der Waals surface area contributed by atoms with Gasteiger partial charge in [-0.1, -0.05) is 6.42 Å². The monoisotopic (exact) mass is 239 g/mol. The minimum atomic E-state index is 0.140. The van der Waals surface area contributed by atoms with E-state index in [0.717, 1.165) is 25.9 Å². The van der Waals surface area contributed by atoms with E-state index >= 15 is 0 Å². The minimum absolute atomic E-state index is 0.140. The molecule has 2 heterocycles. The van der Waals surface area contributed by atoms with Crippen LogP contribution < -0.4 is 0 Å². The summed E-state index contributed by atoms with van der Waals surface area (Å²) in [4.78, 5) is 5.17. The van der Waals surface area contributed by atoms with Crippen LogP contribution in [-0.2, 0) is 5.11 Å². The molecule has 0 amide bonds. The average molecular weight is 239 g/mol. The van der Waals surface area contributed by atoms with Crippen molar-refractivity contribution in [1.82, 2.24) is 9.80 Å². The van der Waals surface area contributed by atoms with Gasteiger partial charge in [-0.25, -0.2) is 5.11 Å². The molecule has 17 heavy (non-hydrogen) atoms. The molecule has 2 aliphatic rings. The quantitative estimate of drug-likeness (QED) is 0.733. The van der Waals surface area contributed by atoms with Gasteiger partial charge in [0.15, 0.2) is 0 Å². The van der Waals surface area contributed by atoms with E-state index in [1.54, 1.807) is 0 Å². The summed E-state index contributed by atoms with van der Waals surface area (Å²) in [5.41, 5.74) is 0. The number of piperidine rings is 2. The largest absolute Gasteiger partial charge is 0.303 e. The van der Waals surface area contributed by atoms with E-state index in [9.17, 15) is 5.11 Å². The second-order valence-electron chi connectivity index (χ2n) is 5.71. The molecule has 0 unspecified atom stereocenters. The van der Waals surface area contributed by atoms with Crippen molar-refractivity contribution in [2.75, 3.05) is 45.9 Å². The highest BCUT2D eigenvalue weighted by Gasteiger charge is 2.18. The maximum Gasteiger partial charge on any atom is 0.0851 e. The van der Waals surface area contributed by atoms with Crippen molar-refractivity contribution in [3.8, 4) is 0 Å². The molecular weight excluding hydrogens is 212 g/mol. The zero-order valence-electron chi connectivity index (χ0n) is 11.1. The molecule has 99 valence electrons. The Kier molecular flexibility index (Phi) is 5.75. The molecule has 1 radical (unpaired) electrons. The molecule has 0 spiro atoms. The zero-order valence-corrected chi connectivity index (χ0v) is 11.1. The van der Waals surface area contributed by atoms with Gasteiger partial charge in [-0.15, -0.1) is 0 Å². The molecule has 3 nitrogen and oxygen atoms in total. The Hall–Kier alpha value is -0.120. The van der Waals surface area contributed by atoms with E-state index < -0.39 is 0 Å². The van der Waals surface area contributed by atoms with Gasteiger partial charge in [0.2, 0.25) is 0 Å². The number of hydrogen-bond acceptors (Lipinski definition) is 2. The Morgan fingerprint density at radius 1 is 0.824 bits per heavy atom. The molecule has 0 aromatic heterocycles. The molecule has 0 bridgehead atoms. The lowest BCUT2D eigenvalue weighted by Crippen LogP contribution is -2.37. The van der Waals surface area contributed by atoms with Gasteiger partial charge in [-0.05, 0) is 77.3 Å². The van der Waals surface area contributed by atoms with Gasteiger partial charge in [0.1, 0.15) is 0 Å². The van der Waals surface area contributed by atoms with Crippen LogP contribution in [0.3, 0.4) is 0 Å². The lowest BCUT2D eigenvalue weighted by Gasteiger charge is -2.32. The fraction of sp³-hybridized carbons (Fsp3) is 1.00. The molecule has 2 aliphatic heterocycles. The van der Waals surface area contributed by atoms with Crippen LogP contribution in [-0.4, -0.2) is 55.7 Å². The van der Waals surface area contributed by atoms with E-state index in [4.69, 9.17) is 0 Å². The summed E-state index contributed by atoms with van der Waals surface area (Å²) in [5.74, 6) is 0.466. The third kappa shape index (κ3) is 4.57. The van der Waals surface area contributed by atoms with Crippen molar-refractivity contribution in [2.45, 2.75) is 38.5 Å². The number of nitrogens with zero attached hydrogens (tertiary/aromatic N) is 2. The smallest absolute Gasteiger partial charge is 0.0851 e. The topological polar surface area (TPSA) is 26.4 Å². The van der Waals surface area contributed by atoms with E-state index in [1.165, 1.54) is 51.9 Å². The highest BCUT2D eigenvalue weighted by atomic mass is 16.3. The van der Waals surface area contributed by atoms with Crippen LogP contribution in [0.4, 0.5) is 0 Å². The number of hydrogen-bond donors (Lipinski definition) is 0. The predicted molar refractivity (Wildman–Crippen MR) is 69.6 cm³/mol. The van der Waals surface area contributed by atoms with Crippen molar-refractivity contribution in [2.24, 2.45) is 5.92 Å². The standard InChI is InChI=1S/C14H27N2O/c17-13-14-5-11-16(12-6-14)10-4-9-15-7-2-1-3-8-15/h14H,1-13H2. The predicted octanol–water partition coefficient (Wildman–Crippen LogP) is 2.00. The normalized spacial score (nSPS) is 25.2. The fourth-order valence-corrected chi connectivity index (χ4v) is 3.08. The van der Waals surface area contributed by atoms with Crippen molar-refractivity contribution in [3.05, 3.63) is 0 Å². The molecule has 0 N–H and O–H groups in total. The van der Waals surface area contributed by atoms with Gasteiger partial charge < -0.3 is 9.80 Å². The van der Waals surface area contributed by atoms with Crippen molar-refractivity contribution < 1.29 is 5.11 Å². The summed E-state index contributed by atoms with van der Waals surface area (Å²) >= 11 is 0. The molecule has 0 aliphatic carbocycles. The Labute approximate surface area is 106 Å². The first-order valence-electron chi connectivity index (χ1n) is 7.41. The highest BCUT2D eigenvalue weighted by Crippen LogP contribution is 2.16. The van der Waals surface area contributed by atoms with Gasteiger partial charge in [-0.2, -0.15) is 0 Å². The summed E-state index contributed by atoms with van der Waals surface area (Å²) in [5, 5.41) is 10.8. The van der Waals surface area contributed by atoms with Crippen molar-refractivity contribution in [1.29, 1.82) is 0 Å². The molecule has 0 atom stereocenters. The van der Waals surface area contributed by atoms with Crippen LogP contribution in [0.1, 0.15) is 38.5 Å². The van der Waals surface area contributed by atoms with E-state index in [2.05, 4.69) is 9.80 Å². The Morgan fingerprint density at radius 3 is 2.00 bits per heavy atom. The molecule has 2 fully saturated rings. The third-order valence-corrected chi connectivity index (χ3v) is 4.34. The summed E-state index contributed by atoms with van der Waals surface area (Å²) < 4.78 is 0. The maximum absolute atomic E-state index is 10.8. The van der Waals surface area contributed by atoms with Crippen LogP contribution in [0, 0.1) is 5.92 Å². The molecule has 3 heteroatoms. The highest BCUT2D eigenvalue weighted by molar-refractivity contribution is 4.72. The van der Waals surface area contributed by atoms with Gasteiger partial charge in [0.25, 0.3) is 0 Å².